The first-order valence-electron chi connectivity index (χ1n) is 11.5. The van der Waals surface area contributed by atoms with Gasteiger partial charge < -0.3 is 10.6 Å². The van der Waals surface area contributed by atoms with E-state index in [4.69, 9.17) is 5.73 Å². The van der Waals surface area contributed by atoms with Gasteiger partial charge in [-0.25, -0.2) is 9.37 Å². The topological polar surface area (TPSA) is 55.0 Å². The monoisotopic (exact) mass is 460 g/mol. The molecular weight excluding hydrogens is 435 g/mol. The fourth-order valence-electron chi connectivity index (χ4n) is 4.51. The lowest BCUT2D eigenvalue weighted by Crippen LogP contribution is -2.36. The highest BCUT2D eigenvalue weighted by molar-refractivity contribution is 5.55. The van der Waals surface area contributed by atoms with Gasteiger partial charge in [-0.05, 0) is 22.3 Å². The van der Waals surface area contributed by atoms with Crippen LogP contribution in [0.15, 0.2) is 128 Å². The summed E-state index contributed by atoms with van der Waals surface area (Å²) >= 11 is 0. The van der Waals surface area contributed by atoms with Crippen molar-refractivity contribution in [3.05, 3.63) is 156 Å². The van der Waals surface area contributed by atoms with E-state index in [2.05, 4.69) is 58.5 Å². The van der Waals surface area contributed by atoms with E-state index >= 15 is 4.39 Å². The Morgan fingerprint density at radius 3 is 1.26 bits per heavy atom. The van der Waals surface area contributed by atoms with Gasteiger partial charge in [-0.3, -0.25) is 0 Å². The maximum atomic E-state index is 15.6. The molecule has 5 aromatic rings. The first kappa shape index (κ1) is 22.3. The molecule has 0 saturated carbocycles. The lowest BCUT2D eigenvalue weighted by Gasteiger charge is -2.40. The molecule has 4 nitrogen and oxygen atoms in total. The average molecular weight is 461 g/mol. The molecule has 0 aliphatic carbocycles. The van der Waals surface area contributed by atoms with Gasteiger partial charge in [-0.2, -0.15) is 4.98 Å². The predicted molar refractivity (Wildman–Crippen MR) is 138 cm³/mol. The van der Waals surface area contributed by atoms with Crippen LogP contribution in [0.3, 0.4) is 0 Å². The second-order valence-corrected chi connectivity index (χ2v) is 8.25. The molecular formula is C30H25FN4. The standard InChI is InChI=1S/C30H25FN4/c31-26-21-33-30(32)34-29(26)35(27(22-13-5-1-6-14-22)23-15-7-2-8-16-23)28(24-17-9-3-10-18-24)25-19-11-4-12-20-25/h1-21,27-28H,(H2,32,33,34). The summed E-state index contributed by atoms with van der Waals surface area (Å²) in [6.07, 6.45) is 1.14. The van der Waals surface area contributed by atoms with Crippen LogP contribution < -0.4 is 10.6 Å². The van der Waals surface area contributed by atoms with Crippen molar-refractivity contribution in [2.45, 2.75) is 12.1 Å². The zero-order valence-electron chi connectivity index (χ0n) is 19.1. The van der Waals surface area contributed by atoms with Crippen LogP contribution in [0.25, 0.3) is 0 Å². The van der Waals surface area contributed by atoms with Crippen molar-refractivity contribution in [3.63, 3.8) is 0 Å². The number of nitrogens with zero attached hydrogens (tertiary/aromatic N) is 3. The molecule has 0 spiro atoms. The third-order valence-electron chi connectivity index (χ3n) is 6.01. The summed E-state index contributed by atoms with van der Waals surface area (Å²) in [5.41, 5.74) is 10.0. The van der Waals surface area contributed by atoms with Crippen molar-refractivity contribution in [2.75, 3.05) is 10.6 Å². The number of nitrogen functional groups attached to an aromatic ring is 1. The third kappa shape index (κ3) is 4.75. The molecule has 0 saturated heterocycles. The Kier molecular flexibility index (Phi) is 6.48. The Morgan fingerprint density at radius 1 is 0.571 bits per heavy atom. The van der Waals surface area contributed by atoms with Crippen LogP contribution in [0.1, 0.15) is 34.3 Å². The lowest BCUT2D eigenvalue weighted by atomic mass is 9.90. The highest BCUT2D eigenvalue weighted by atomic mass is 19.1. The SMILES string of the molecule is Nc1ncc(F)c(N(C(c2ccccc2)c2ccccc2)C(c2ccccc2)c2ccccc2)n1. The fraction of sp³-hybridized carbons (Fsp3) is 0.0667. The second-order valence-electron chi connectivity index (χ2n) is 8.25. The molecule has 4 aromatic carbocycles. The van der Waals surface area contributed by atoms with E-state index in [0.717, 1.165) is 28.5 Å². The largest absolute Gasteiger partial charge is 0.368 e. The van der Waals surface area contributed by atoms with E-state index in [0.29, 0.717) is 0 Å². The number of rotatable bonds is 7. The summed E-state index contributed by atoms with van der Waals surface area (Å²) in [6, 6.07) is 39.6. The van der Waals surface area contributed by atoms with Gasteiger partial charge in [-0.1, -0.05) is 121 Å². The van der Waals surface area contributed by atoms with Gasteiger partial charge in [0.1, 0.15) is 0 Å². The van der Waals surface area contributed by atoms with Gasteiger partial charge in [0.15, 0.2) is 11.6 Å². The summed E-state index contributed by atoms with van der Waals surface area (Å²) in [5, 5.41) is 0. The van der Waals surface area contributed by atoms with Gasteiger partial charge in [0.25, 0.3) is 0 Å². The van der Waals surface area contributed by atoms with E-state index in [1.54, 1.807) is 0 Å². The Labute approximate surface area is 204 Å². The van der Waals surface area contributed by atoms with Crippen molar-refractivity contribution >= 4 is 11.8 Å². The summed E-state index contributed by atoms with van der Waals surface area (Å²) in [7, 11) is 0. The number of benzene rings is 4. The van der Waals surface area contributed by atoms with E-state index < -0.39 is 5.82 Å². The highest BCUT2D eigenvalue weighted by Gasteiger charge is 2.34. The molecule has 2 N–H and O–H groups in total. The Hall–Kier alpha value is -4.51. The summed E-state index contributed by atoms with van der Waals surface area (Å²) in [5.74, 6) is -0.369. The van der Waals surface area contributed by atoms with Gasteiger partial charge in [0.2, 0.25) is 5.95 Å². The van der Waals surface area contributed by atoms with Crippen LogP contribution in [-0.2, 0) is 0 Å². The van der Waals surface area contributed by atoms with Gasteiger partial charge >= 0.3 is 0 Å². The minimum Gasteiger partial charge on any atom is -0.368 e. The summed E-state index contributed by atoms with van der Waals surface area (Å²) in [4.78, 5) is 10.3. The fourth-order valence-corrected chi connectivity index (χ4v) is 4.51. The van der Waals surface area contributed by atoms with E-state index in [1.807, 2.05) is 77.7 Å². The summed E-state index contributed by atoms with van der Waals surface area (Å²) < 4.78 is 15.6. The molecule has 0 atom stereocenters. The van der Waals surface area contributed by atoms with Gasteiger partial charge in [0, 0.05) is 0 Å². The van der Waals surface area contributed by atoms with Gasteiger partial charge in [0.05, 0.1) is 18.3 Å². The van der Waals surface area contributed by atoms with E-state index in [-0.39, 0.29) is 23.8 Å². The Bertz CT molecular complexity index is 1200. The third-order valence-corrected chi connectivity index (χ3v) is 6.01. The van der Waals surface area contributed by atoms with Crippen molar-refractivity contribution in [1.29, 1.82) is 0 Å². The molecule has 0 aliphatic rings. The molecule has 1 heterocycles. The molecule has 0 fully saturated rings. The zero-order valence-corrected chi connectivity index (χ0v) is 19.1. The molecule has 0 amide bonds. The Morgan fingerprint density at radius 2 is 0.914 bits per heavy atom. The lowest BCUT2D eigenvalue weighted by molar-refractivity contribution is 0.566. The smallest absolute Gasteiger partial charge is 0.222 e. The van der Waals surface area contributed by atoms with Crippen LogP contribution in [0.5, 0.6) is 0 Å². The number of halogens is 1. The summed E-state index contributed by atoms with van der Waals surface area (Å²) in [6.45, 7) is 0. The maximum Gasteiger partial charge on any atom is 0.222 e. The van der Waals surface area contributed by atoms with Crippen molar-refractivity contribution in [3.8, 4) is 0 Å². The minimum atomic E-state index is -0.534. The number of hydrogen-bond donors (Lipinski definition) is 1. The van der Waals surface area contributed by atoms with Crippen molar-refractivity contribution in [1.82, 2.24) is 9.97 Å². The molecule has 5 rings (SSSR count). The maximum absolute atomic E-state index is 15.6. The number of nitrogens with two attached hydrogens (primary N) is 1. The Balaban J connectivity index is 1.84. The molecule has 35 heavy (non-hydrogen) atoms. The normalized spacial score (nSPS) is 11.1. The number of aromatic nitrogens is 2. The molecule has 1 aromatic heterocycles. The molecule has 0 radical (unpaired) electrons. The van der Waals surface area contributed by atoms with E-state index in [9.17, 15) is 0 Å². The second kappa shape index (κ2) is 10.2. The first-order chi connectivity index (χ1) is 17.2. The molecule has 0 aliphatic heterocycles. The van der Waals surface area contributed by atoms with Crippen LogP contribution in [-0.4, -0.2) is 9.97 Å². The van der Waals surface area contributed by atoms with Crippen LogP contribution in [0.2, 0.25) is 0 Å². The van der Waals surface area contributed by atoms with Crippen LogP contribution >= 0.6 is 0 Å². The number of anilines is 2. The molecule has 0 bridgehead atoms. The number of hydrogen-bond acceptors (Lipinski definition) is 4. The average Bonchev–Trinajstić information content (AvgIpc) is 2.92. The van der Waals surface area contributed by atoms with E-state index in [1.165, 1.54) is 0 Å². The molecule has 5 heteroatoms. The first-order valence-corrected chi connectivity index (χ1v) is 11.5. The van der Waals surface area contributed by atoms with Crippen molar-refractivity contribution in [2.24, 2.45) is 0 Å². The van der Waals surface area contributed by atoms with Crippen molar-refractivity contribution < 1.29 is 4.39 Å². The minimum absolute atomic E-state index is 0.0196. The quantitative estimate of drug-likeness (QED) is 0.298. The van der Waals surface area contributed by atoms with Crippen LogP contribution in [0, 0.1) is 5.82 Å². The molecule has 0 unspecified atom stereocenters. The van der Waals surface area contributed by atoms with Crippen LogP contribution in [0.4, 0.5) is 16.2 Å². The predicted octanol–water partition coefficient (Wildman–Crippen LogP) is 6.58. The molecule has 172 valence electrons. The highest BCUT2D eigenvalue weighted by Crippen LogP contribution is 2.42. The van der Waals surface area contributed by atoms with Gasteiger partial charge in [-0.15, -0.1) is 0 Å². The zero-order chi connectivity index (χ0) is 24.0.